The Hall–Kier alpha value is -1.90. The molecule has 0 fully saturated rings. The lowest BCUT2D eigenvalue weighted by Gasteiger charge is -2.09. The molecule has 0 aliphatic carbocycles. The highest BCUT2D eigenvalue weighted by molar-refractivity contribution is 7.99. The summed E-state index contributed by atoms with van der Waals surface area (Å²) in [7, 11) is 0. The van der Waals surface area contributed by atoms with Crippen molar-refractivity contribution in [2.45, 2.75) is 25.5 Å². The molecule has 0 atom stereocenters. The Kier molecular flexibility index (Phi) is 5.12. The molecule has 0 aliphatic heterocycles. The van der Waals surface area contributed by atoms with Gasteiger partial charge in [-0.25, -0.2) is 4.98 Å². The number of allylic oxidation sites excluding steroid dienone is 1. The summed E-state index contributed by atoms with van der Waals surface area (Å²) in [5, 5.41) is 10.6. The van der Waals surface area contributed by atoms with E-state index in [0.29, 0.717) is 26.8 Å². The molecule has 0 aliphatic rings. The zero-order valence-corrected chi connectivity index (χ0v) is 16.2. The summed E-state index contributed by atoms with van der Waals surface area (Å²) >= 11 is 3.76. The molecule has 3 aromatic rings. The number of fused-ring (bicyclic) bond motifs is 1. The first-order valence-corrected chi connectivity index (χ1v) is 10.1. The molecule has 0 unspecified atom stereocenters. The van der Waals surface area contributed by atoms with E-state index in [9.17, 15) is 14.7 Å². The van der Waals surface area contributed by atoms with E-state index in [-0.39, 0.29) is 22.2 Å². The first-order chi connectivity index (χ1) is 11.9. The van der Waals surface area contributed by atoms with Gasteiger partial charge < -0.3 is 5.11 Å². The molecule has 3 aromatic heterocycles. The topological polar surface area (TPSA) is 72.2 Å². The maximum Gasteiger partial charge on any atom is 0.263 e. The average Bonchev–Trinajstić information content (AvgIpc) is 3.12. The Morgan fingerprint density at radius 1 is 1.40 bits per heavy atom. The monoisotopic (exact) mass is 392 g/mol. The molecule has 25 heavy (non-hydrogen) atoms. The number of nitrogens with zero attached hydrogens (tertiary/aromatic N) is 2. The van der Waals surface area contributed by atoms with Crippen LogP contribution in [0.25, 0.3) is 10.2 Å². The van der Waals surface area contributed by atoms with Gasteiger partial charge in [-0.3, -0.25) is 14.2 Å². The summed E-state index contributed by atoms with van der Waals surface area (Å²) in [6, 6.07) is 3.10. The van der Waals surface area contributed by atoms with Gasteiger partial charge in [0.05, 0.1) is 16.0 Å². The van der Waals surface area contributed by atoms with E-state index in [4.69, 9.17) is 0 Å². The lowest BCUT2D eigenvalue weighted by Crippen LogP contribution is -2.23. The smallest absolute Gasteiger partial charge is 0.263 e. The summed E-state index contributed by atoms with van der Waals surface area (Å²) in [5.74, 6) is 0.0478. The van der Waals surface area contributed by atoms with Crippen molar-refractivity contribution in [2.75, 3.05) is 5.75 Å². The van der Waals surface area contributed by atoms with Gasteiger partial charge in [0.2, 0.25) is 0 Å². The second kappa shape index (κ2) is 7.15. The fourth-order valence-corrected chi connectivity index (χ4v) is 5.12. The van der Waals surface area contributed by atoms with Crippen molar-refractivity contribution in [3.63, 3.8) is 0 Å². The quantitative estimate of drug-likeness (QED) is 0.297. The molecule has 130 valence electrons. The van der Waals surface area contributed by atoms with Gasteiger partial charge in [0, 0.05) is 11.4 Å². The third-order valence-electron chi connectivity index (χ3n) is 3.76. The van der Waals surface area contributed by atoms with Crippen LogP contribution in [0.4, 0.5) is 0 Å². The molecule has 0 spiro atoms. The van der Waals surface area contributed by atoms with E-state index in [1.165, 1.54) is 29.2 Å². The van der Waals surface area contributed by atoms with Crippen LogP contribution in [0.5, 0.6) is 5.06 Å². The van der Waals surface area contributed by atoms with Crippen molar-refractivity contribution >= 4 is 50.4 Å². The number of aromatic nitrogens is 2. The van der Waals surface area contributed by atoms with Gasteiger partial charge in [-0.05, 0) is 31.5 Å². The van der Waals surface area contributed by atoms with Gasteiger partial charge in [0.15, 0.2) is 16.0 Å². The summed E-state index contributed by atoms with van der Waals surface area (Å²) in [6.07, 6.45) is 1.65. The van der Waals surface area contributed by atoms with Crippen molar-refractivity contribution in [3.05, 3.63) is 50.5 Å². The Balaban J connectivity index is 1.97. The maximum atomic E-state index is 12.8. The van der Waals surface area contributed by atoms with E-state index in [2.05, 4.69) is 11.6 Å². The van der Waals surface area contributed by atoms with Crippen LogP contribution in [0.3, 0.4) is 0 Å². The minimum Gasteiger partial charge on any atom is -0.499 e. The maximum absolute atomic E-state index is 12.8. The van der Waals surface area contributed by atoms with E-state index in [0.717, 1.165) is 21.8 Å². The lowest BCUT2D eigenvalue weighted by atomic mass is 10.2. The van der Waals surface area contributed by atoms with Crippen molar-refractivity contribution < 1.29 is 9.90 Å². The molecule has 3 heterocycles. The lowest BCUT2D eigenvalue weighted by molar-refractivity contribution is 0.102. The van der Waals surface area contributed by atoms with Gasteiger partial charge in [-0.15, -0.1) is 17.9 Å². The van der Waals surface area contributed by atoms with Crippen LogP contribution in [-0.4, -0.2) is 26.2 Å². The molecule has 3 rings (SSSR count). The van der Waals surface area contributed by atoms with Gasteiger partial charge >= 0.3 is 0 Å². The third kappa shape index (κ3) is 3.42. The number of carbonyl (C=O) groups excluding carboxylic acids is 1. The van der Waals surface area contributed by atoms with Gasteiger partial charge in [0.1, 0.15) is 4.83 Å². The summed E-state index contributed by atoms with van der Waals surface area (Å²) < 4.78 is 1.55. The number of thiophene rings is 2. The van der Waals surface area contributed by atoms with Crippen LogP contribution in [0.1, 0.15) is 20.1 Å². The van der Waals surface area contributed by atoms with Gasteiger partial charge in [-0.2, -0.15) is 0 Å². The number of rotatable bonds is 6. The number of hydrogen-bond acceptors (Lipinski definition) is 7. The zero-order valence-electron chi connectivity index (χ0n) is 13.7. The van der Waals surface area contributed by atoms with Crippen molar-refractivity contribution in [2.24, 2.45) is 0 Å². The Bertz CT molecular complexity index is 1030. The second-order valence-electron chi connectivity index (χ2n) is 5.41. The molecule has 5 nitrogen and oxygen atoms in total. The number of aryl methyl sites for hydroxylation is 2. The summed E-state index contributed by atoms with van der Waals surface area (Å²) in [5.41, 5.74) is 0.854. The first kappa shape index (κ1) is 17.9. The highest BCUT2D eigenvalue weighted by Gasteiger charge is 2.18. The normalized spacial score (nSPS) is 11.1. The highest BCUT2D eigenvalue weighted by Crippen LogP contribution is 2.29. The molecule has 0 bridgehead atoms. The van der Waals surface area contributed by atoms with Crippen molar-refractivity contribution in [1.29, 1.82) is 0 Å². The number of aromatic hydroxyl groups is 1. The Morgan fingerprint density at radius 3 is 2.80 bits per heavy atom. The third-order valence-corrected chi connectivity index (χ3v) is 6.77. The minimum atomic E-state index is -0.103. The van der Waals surface area contributed by atoms with Crippen LogP contribution in [0.15, 0.2) is 34.7 Å². The van der Waals surface area contributed by atoms with Crippen molar-refractivity contribution in [1.82, 2.24) is 9.55 Å². The average molecular weight is 393 g/mol. The molecule has 0 radical (unpaired) electrons. The van der Waals surface area contributed by atoms with Crippen LogP contribution in [-0.2, 0) is 6.54 Å². The molecule has 0 saturated heterocycles. The number of thioether (sulfide) groups is 1. The number of ketones is 1. The second-order valence-corrected chi connectivity index (χ2v) is 8.62. The van der Waals surface area contributed by atoms with Crippen LogP contribution in [0.2, 0.25) is 0 Å². The summed E-state index contributed by atoms with van der Waals surface area (Å²) in [6.45, 7) is 7.94. The van der Waals surface area contributed by atoms with E-state index < -0.39 is 0 Å². The molecular formula is C17H16N2O3S3. The highest BCUT2D eigenvalue weighted by atomic mass is 32.2. The largest absolute Gasteiger partial charge is 0.499 e. The van der Waals surface area contributed by atoms with Crippen LogP contribution < -0.4 is 5.56 Å². The molecular weight excluding hydrogens is 376 g/mol. The standard InChI is InChI=1S/C17H16N2O3S3/c1-4-7-19-16(22)14-9(2)10(3)24-15(14)18-17(19)23-8-11(20)12-5-6-13(21)25-12/h4-6,21H,1,7-8H2,2-3H3. The molecule has 8 heteroatoms. The molecule has 0 amide bonds. The van der Waals surface area contributed by atoms with Gasteiger partial charge in [-0.1, -0.05) is 29.2 Å². The minimum absolute atomic E-state index is 0.101. The zero-order chi connectivity index (χ0) is 18.1. The van der Waals surface area contributed by atoms with Crippen molar-refractivity contribution in [3.8, 4) is 5.06 Å². The SMILES string of the molecule is C=CCn1c(SCC(=O)c2ccc(O)s2)nc2sc(C)c(C)c2c1=O. The van der Waals surface area contributed by atoms with Crippen LogP contribution in [0, 0.1) is 13.8 Å². The molecule has 0 saturated carbocycles. The molecule has 0 aromatic carbocycles. The first-order valence-electron chi connectivity index (χ1n) is 7.48. The molecule has 1 N–H and O–H groups in total. The number of Topliss-reactive ketones (excluding diaryl/α,β-unsaturated/α-hetero) is 1. The van der Waals surface area contributed by atoms with E-state index in [1.54, 1.807) is 16.7 Å². The number of hydrogen-bond donors (Lipinski definition) is 1. The fraction of sp³-hybridized carbons (Fsp3) is 0.235. The predicted molar refractivity (Wildman–Crippen MR) is 105 cm³/mol. The van der Waals surface area contributed by atoms with E-state index in [1.807, 2.05) is 13.8 Å². The number of carbonyl (C=O) groups is 1. The van der Waals surface area contributed by atoms with Crippen LogP contribution >= 0.6 is 34.4 Å². The summed E-state index contributed by atoms with van der Waals surface area (Å²) in [4.78, 5) is 32.0. The van der Waals surface area contributed by atoms with Gasteiger partial charge in [0.25, 0.3) is 5.56 Å². The predicted octanol–water partition coefficient (Wildman–Crippen LogP) is 4.00. The fourth-order valence-electron chi connectivity index (χ4n) is 2.39. The van der Waals surface area contributed by atoms with E-state index >= 15 is 0 Å². The Labute approximate surface area is 156 Å². The Morgan fingerprint density at radius 2 is 2.16 bits per heavy atom.